The number of carbonyl (C=O) groups excluding carboxylic acids is 1. The van der Waals surface area contributed by atoms with Crippen LogP contribution in [0.15, 0.2) is 41.8 Å². The normalized spacial score (nSPS) is 11.7. The average Bonchev–Trinajstić information content (AvgIpc) is 3.25. The van der Waals surface area contributed by atoms with Crippen LogP contribution in [0.2, 0.25) is 0 Å². The number of nitrogens with one attached hydrogen (secondary N) is 1. The summed E-state index contributed by atoms with van der Waals surface area (Å²) in [7, 11) is 4.26. The van der Waals surface area contributed by atoms with E-state index in [1.165, 1.54) is 10.5 Å². The second kappa shape index (κ2) is 8.58. The number of fused-ring (bicyclic) bond motifs is 1. The van der Waals surface area contributed by atoms with E-state index in [0.29, 0.717) is 6.54 Å². The molecule has 4 nitrogen and oxygen atoms in total. The van der Waals surface area contributed by atoms with E-state index >= 15 is 0 Å². The summed E-state index contributed by atoms with van der Waals surface area (Å²) in [4.78, 5) is 21.8. The van der Waals surface area contributed by atoms with E-state index in [9.17, 15) is 4.79 Å². The average molecular weight is 387 g/mol. The lowest BCUT2D eigenvalue weighted by atomic mass is 10.2. The lowest BCUT2D eigenvalue weighted by molar-refractivity contribution is -0.858. The van der Waals surface area contributed by atoms with Gasteiger partial charge in [0.25, 0.3) is 5.91 Å². The van der Waals surface area contributed by atoms with Gasteiger partial charge in [-0.25, -0.2) is 4.98 Å². The largest absolute Gasteiger partial charge is 0.340 e. The Kier molecular flexibility index (Phi) is 6.19. The number of carbonyl (C=O) groups is 1. The summed E-state index contributed by atoms with van der Waals surface area (Å²) in [6.07, 6.45) is 4.48. The SMILES string of the molecule is Cc1ccc2nc(N(CCC[NH+](C)C)C(=O)/C=C/c3cccs3)sc2c1. The maximum absolute atomic E-state index is 12.9. The number of aromatic nitrogens is 1. The second-order valence-electron chi connectivity index (χ2n) is 6.62. The summed E-state index contributed by atoms with van der Waals surface area (Å²) in [6, 6.07) is 10.2. The van der Waals surface area contributed by atoms with E-state index in [0.717, 1.165) is 33.2 Å². The van der Waals surface area contributed by atoms with Crippen molar-refractivity contribution in [1.29, 1.82) is 0 Å². The van der Waals surface area contributed by atoms with Crippen LogP contribution in [0.25, 0.3) is 16.3 Å². The lowest BCUT2D eigenvalue weighted by Crippen LogP contribution is -3.05. The van der Waals surface area contributed by atoms with Crippen molar-refractivity contribution in [3.63, 3.8) is 0 Å². The number of quaternary nitrogens is 1. The fraction of sp³-hybridized carbons (Fsp3) is 0.300. The highest BCUT2D eigenvalue weighted by Crippen LogP contribution is 2.30. The number of rotatable bonds is 7. The Balaban J connectivity index is 1.84. The molecule has 0 bridgehead atoms. The zero-order chi connectivity index (χ0) is 18.5. The molecule has 1 aromatic carbocycles. The molecule has 3 aromatic rings. The van der Waals surface area contributed by atoms with Gasteiger partial charge in [0.05, 0.1) is 30.9 Å². The van der Waals surface area contributed by atoms with Gasteiger partial charge in [-0.2, -0.15) is 0 Å². The maximum atomic E-state index is 12.9. The molecule has 0 aliphatic carbocycles. The summed E-state index contributed by atoms with van der Waals surface area (Å²) in [5.41, 5.74) is 2.16. The highest BCUT2D eigenvalue weighted by atomic mass is 32.1. The minimum Gasteiger partial charge on any atom is -0.340 e. The number of hydrogen-bond acceptors (Lipinski definition) is 4. The summed E-state index contributed by atoms with van der Waals surface area (Å²) < 4.78 is 1.12. The molecule has 0 aliphatic rings. The quantitative estimate of drug-likeness (QED) is 0.633. The molecule has 0 saturated heterocycles. The fourth-order valence-electron chi connectivity index (χ4n) is 2.66. The molecule has 0 spiro atoms. The van der Waals surface area contributed by atoms with Crippen molar-refractivity contribution in [2.45, 2.75) is 13.3 Å². The molecule has 1 amide bonds. The van der Waals surface area contributed by atoms with Gasteiger partial charge in [0.1, 0.15) is 0 Å². The standard InChI is InChI=1S/C20H23N3OS2/c1-15-7-9-17-18(14-15)26-20(21-17)23(12-5-11-22(2)3)19(24)10-8-16-6-4-13-25-16/h4,6-10,13-14H,5,11-12H2,1-3H3/p+1/b10-8+. The van der Waals surface area contributed by atoms with E-state index in [4.69, 9.17) is 4.98 Å². The van der Waals surface area contributed by atoms with Gasteiger partial charge in [0.15, 0.2) is 5.13 Å². The van der Waals surface area contributed by atoms with Crippen LogP contribution in [-0.2, 0) is 4.79 Å². The highest BCUT2D eigenvalue weighted by Gasteiger charge is 2.18. The molecule has 0 unspecified atom stereocenters. The van der Waals surface area contributed by atoms with Crippen LogP contribution in [0.3, 0.4) is 0 Å². The van der Waals surface area contributed by atoms with Crippen LogP contribution in [0, 0.1) is 6.92 Å². The Morgan fingerprint density at radius 3 is 2.88 bits per heavy atom. The minimum absolute atomic E-state index is 0.0112. The molecule has 26 heavy (non-hydrogen) atoms. The molecular formula is C20H24N3OS2+. The first-order valence-electron chi connectivity index (χ1n) is 8.72. The first-order chi connectivity index (χ1) is 12.5. The first kappa shape index (κ1) is 18.8. The van der Waals surface area contributed by atoms with Crippen molar-refractivity contribution < 1.29 is 9.69 Å². The molecule has 0 aliphatic heterocycles. The van der Waals surface area contributed by atoms with Crippen molar-refractivity contribution in [3.8, 4) is 0 Å². The number of thiophene rings is 1. The zero-order valence-electron chi connectivity index (χ0n) is 15.4. The van der Waals surface area contributed by atoms with Crippen LogP contribution in [0.5, 0.6) is 0 Å². The topological polar surface area (TPSA) is 37.6 Å². The third-order valence-corrected chi connectivity index (χ3v) is 5.90. The van der Waals surface area contributed by atoms with Gasteiger partial charge < -0.3 is 4.90 Å². The summed E-state index contributed by atoms with van der Waals surface area (Å²) in [5.74, 6) is -0.0112. The number of nitrogens with zero attached hydrogens (tertiary/aromatic N) is 2. The van der Waals surface area contributed by atoms with Crippen molar-refractivity contribution in [2.24, 2.45) is 0 Å². The summed E-state index contributed by atoms with van der Waals surface area (Å²) >= 11 is 3.21. The zero-order valence-corrected chi connectivity index (χ0v) is 17.0. The number of amides is 1. The van der Waals surface area contributed by atoms with Crippen molar-refractivity contribution in [3.05, 3.63) is 52.2 Å². The Hall–Kier alpha value is -2.02. The van der Waals surface area contributed by atoms with E-state index < -0.39 is 0 Å². The molecule has 0 fully saturated rings. The van der Waals surface area contributed by atoms with Crippen LogP contribution < -0.4 is 9.80 Å². The lowest BCUT2D eigenvalue weighted by Gasteiger charge is -2.18. The first-order valence-corrected chi connectivity index (χ1v) is 10.4. The maximum Gasteiger partial charge on any atom is 0.252 e. The number of thiazole rings is 1. The predicted octanol–water partition coefficient (Wildman–Crippen LogP) is 3.25. The number of benzene rings is 1. The number of hydrogen-bond donors (Lipinski definition) is 1. The van der Waals surface area contributed by atoms with Gasteiger partial charge in [0.2, 0.25) is 0 Å². The van der Waals surface area contributed by atoms with Crippen LogP contribution >= 0.6 is 22.7 Å². The Labute approximate surface area is 162 Å². The minimum atomic E-state index is -0.0112. The van der Waals surface area contributed by atoms with E-state index in [2.05, 4.69) is 33.2 Å². The second-order valence-corrected chi connectivity index (χ2v) is 8.61. The summed E-state index contributed by atoms with van der Waals surface area (Å²) in [6.45, 7) is 3.77. The Morgan fingerprint density at radius 2 is 2.15 bits per heavy atom. The van der Waals surface area contributed by atoms with E-state index in [-0.39, 0.29) is 5.91 Å². The highest BCUT2D eigenvalue weighted by molar-refractivity contribution is 7.22. The van der Waals surface area contributed by atoms with Gasteiger partial charge in [-0.15, -0.1) is 11.3 Å². The monoisotopic (exact) mass is 386 g/mol. The Bertz CT molecular complexity index is 897. The smallest absolute Gasteiger partial charge is 0.252 e. The third kappa shape index (κ3) is 4.78. The van der Waals surface area contributed by atoms with Crippen molar-refractivity contribution >= 4 is 50.0 Å². The summed E-state index contributed by atoms with van der Waals surface area (Å²) in [5, 5.41) is 2.79. The van der Waals surface area contributed by atoms with E-state index in [1.54, 1.807) is 28.7 Å². The molecule has 3 rings (SSSR count). The predicted molar refractivity (Wildman–Crippen MR) is 112 cm³/mol. The van der Waals surface area contributed by atoms with E-state index in [1.807, 2.05) is 34.6 Å². The molecule has 2 heterocycles. The molecule has 0 radical (unpaired) electrons. The van der Waals surface area contributed by atoms with Gasteiger partial charge >= 0.3 is 0 Å². The van der Waals surface area contributed by atoms with Crippen LogP contribution in [0.1, 0.15) is 16.9 Å². The molecule has 0 saturated carbocycles. The Morgan fingerprint density at radius 1 is 1.31 bits per heavy atom. The van der Waals surface area contributed by atoms with Crippen LogP contribution in [-0.4, -0.2) is 38.1 Å². The van der Waals surface area contributed by atoms with Gasteiger partial charge in [0, 0.05) is 23.9 Å². The molecule has 2 aromatic heterocycles. The van der Waals surface area contributed by atoms with Crippen molar-refractivity contribution in [2.75, 3.05) is 32.1 Å². The molecule has 136 valence electrons. The molecule has 0 atom stereocenters. The van der Waals surface area contributed by atoms with Gasteiger partial charge in [-0.1, -0.05) is 23.5 Å². The molecular weight excluding hydrogens is 362 g/mol. The molecule has 1 N–H and O–H groups in total. The van der Waals surface area contributed by atoms with Gasteiger partial charge in [-0.3, -0.25) is 9.69 Å². The number of aryl methyl sites for hydroxylation is 1. The third-order valence-electron chi connectivity index (χ3n) is 4.02. The van der Waals surface area contributed by atoms with Crippen molar-refractivity contribution in [1.82, 2.24) is 4.98 Å². The van der Waals surface area contributed by atoms with Crippen LogP contribution in [0.4, 0.5) is 5.13 Å². The fourth-order valence-corrected chi connectivity index (χ4v) is 4.37. The molecule has 6 heteroatoms. The number of anilines is 1. The van der Waals surface area contributed by atoms with Gasteiger partial charge in [-0.05, 0) is 42.1 Å².